The van der Waals surface area contributed by atoms with Gasteiger partial charge in [-0.05, 0) is 23.8 Å². The number of anilines is 1. The van der Waals surface area contributed by atoms with Crippen molar-refractivity contribution < 1.29 is 18.0 Å². The molecule has 0 radical (unpaired) electrons. The molecule has 2 aliphatic heterocycles. The van der Waals surface area contributed by atoms with E-state index in [1.54, 1.807) is 30.1 Å². The molecule has 2 amide bonds. The molecule has 1 saturated heterocycles. The van der Waals surface area contributed by atoms with Crippen LogP contribution in [0.15, 0.2) is 23.1 Å². The molecular formula is C15H19N3O4S. The molecule has 0 bridgehead atoms. The first-order valence-corrected chi connectivity index (χ1v) is 8.90. The number of sulfonamides is 1. The molecule has 0 N–H and O–H groups in total. The van der Waals surface area contributed by atoms with Crippen LogP contribution in [0.25, 0.3) is 0 Å². The van der Waals surface area contributed by atoms with Crippen LogP contribution in [0.5, 0.6) is 0 Å². The summed E-state index contributed by atoms with van der Waals surface area (Å²) in [6.07, 6.45) is 0.229. The molecule has 124 valence electrons. The molecule has 0 aromatic heterocycles. The largest absolute Gasteiger partial charge is 0.340 e. The Bertz CT molecular complexity index is 767. The molecule has 0 saturated carbocycles. The third-order valence-corrected chi connectivity index (χ3v) is 6.34. The number of carbonyl (C=O) groups is 2. The van der Waals surface area contributed by atoms with Gasteiger partial charge < -0.3 is 9.80 Å². The molecule has 1 aromatic rings. The summed E-state index contributed by atoms with van der Waals surface area (Å²) >= 11 is 0. The minimum atomic E-state index is -3.60. The van der Waals surface area contributed by atoms with Crippen LogP contribution >= 0.6 is 0 Å². The van der Waals surface area contributed by atoms with Crippen molar-refractivity contribution in [3.05, 3.63) is 23.8 Å². The Labute approximate surface area is 135 Å². The number of hydrogen-bond acceptors (Lipinski definition) is 4. The van der Waals surface area contributed by atoms with E-state index in [0.717, 1.165) is 11.3 Å². The molecule has 23 heavy (non-hydrogen) atoms. The van der Waals surface area contributed by atoms with Crippen LogP contribution in [0.4, 0.5) is 5.69 Å². The normalized spacial score (nSPS) is 19.1. The van der Waals surface area contributed by atoms with Gasteiger partial charge in [-0.25, -0.2) is 8.42 Å². The van der Waals surface area contributed by atoms with Crippen LogP contribution in [0, 0.1) is 0 Å². The molecule has 3 rings (SSSR count). The Hall–Kier alpha value is -1.93. The smallest absolute Gasteiger partial charge is 0.243 e. The van der Waals surface area contributed by atoms with E-state index in [0.29, 0.717) is 13.1 Å². The van der Waals surface area contributed by atoms with Crippen molar-refractivity contribution in [1.82, 2.24) is 9.21 Å². The molecule has 7 nitrogen and oxygen atoms in total. The maximum absolute atomic E-state index is 12.8. The number of nitrogens with zero attached hydrogens (tertiary/aromatic N) is 3. The van der Waals surface area contributed by atoms with E-state index < -0.39 is 10.0 Å². The summed E-state index contributed by atoms with van der Waals surface area (Å²) in [6.45, 7) is 2.87. The lowest BCUT2D eigenvalue weighted by Crippen LogP contribution is -2.49. The Morgan fingerprint density at radius 2 is 1.78 bits per heavy atom. The lowest BCUT2D eigenvalue weighted by Gasteiger charge is -2.33. The van der Waals surface area contributed by atoms with Gasteiger partial charge in [-0.3, -0.25) is 9.59 Å². The van der Waals surface area contributed by atoms with Gasteiger partial charge in [0.25, 0.3) is 0 Å². The van der Waals surface area contributed by atoms with E-state index in [4.69, 9.17) is 0 Å². The van der Waals surface area contributed by atoms with Crippen molar-refractivity contribution in [2.75, 3.05) is 38.1 Å². The molecule has 1 fully saturated rings. The standard InChI is InChI=1S/C15H19N3O4S/c1-11(19)17-5-7-18(8-6-17)23(21,22)13-3-4-14-12(9-13)10-15(20)16(14)2/h3-4,9H,5-8,10H2,1-2H3. The lowest BCUT2D eigenvalue weighted by molar-refractivity contribution is -0.130. The SMILES string of the molecule is CC(=O)N1CCN(S(=O)(=O)c2ccc3c(c2)CC(=O)N3C)CC1. The fourth-order valence-electron chi connectivity index (χ4n) is 3.00. The minimum absolute atomic E-state index is 0.0374. The van der Waals surface area contributed by atoms with E-state index in [1.165, 1.54) is 16.1 Å². The molecular weight excluding hydrogens is 318 g/mol. The highest BCUT2D eigenvalue weighted by Crippen LogP contribution is 2.30. The van der Waals surface area contributed by atoms with Gasteiger partial charge in [-0.15, -0.1) is 0 Å². The number of rotatable bonds is 2. The highest BCUT2D eigenvalue weighted by Gasteiger charge is 2.31. The monoisotopic (exact) mass is 337 g/mol. The molecule has 0 atom stereocenters. The van der Waals surface area contributed by atoms with Crippen molar-refractivity contribution in [2.24, 2.45) is 0 Å². The number of likely N-dealkylation sites (N-methyl/N-ethyl adjacent to an activating group) is 1. The third kappa shape index (κ3) is 2.72. The van der Waals surface area contributed by atoms with Crippen LogP contribution in [0.2, 0.25) is 0 Å². The summed E-state index contributed by atoms with van der Waals surface area (Å²) < 4.78 is 26.9. The van der Waals surface area contributed by atoms with E-state index in [2.05, 4.69) is 0 Å². The van der Waals surface area contributed by atoms with Gasteiger partial charge >= 0.3 is 0 Å². The fourth-order valence-corrected chi connectivity index (χ4v) is 4.47. The number of carbonyl (C=O) groups excluding carboxylic acids is 2. The van der Waals surface area contributed by atoms with Crippen LogP contribution in [0.3, 0.4) is 0 Å². The number of piperazine rings is 1. The predicted octanol–water partition coefficient (Wildman–Crippen LogP) is 0.0583. The first kappa shape index (κ1) is 15.9. The molecule has 0 spiro atoms. The summed E-state index contributed by atoms with van der Waals surface area (Å²) in [5.41, 5.74) is 1.50. The Balaban J connectivity index is 1.83. The van der Waals surface area contributed by atoms with E-state index in [-0.39, 0.29) is 36.2 Å². The number of benzene rings is 1. The van der Waals surface area contributed by atoms with Gasteiger partial charge in [0.2, 0.25) is 21.8 Å². The van der Waals surface area contributed by atoms with Gasteiger partial charge in [0.05, 0.1) is 11.3 Å². The molecule has 1 aromatic carbocycles. The van der Waals surface area contributed by atoms with E-state index in [9.17, 15) is 18.0 Å². The van der Waals surface area contributed by atoms with Crippen molar-refractivity contribution >= 4 is 27.5 Å². The van der Waals surface area contributed by atoms with Gasteiger partial charge in [0.15, 0.2) is 0 Å². The summed E-state index contributed by atoms with van der Waals surface area (Å²) in [6, 6.07) is 4.81. The highest BCUT2D eigenvalue weighted by atomic mass is 32.2. The zero-order valence-electron chi connectivity index (χ0n) is 13.2. The summed E-state index contributed by atoms with van der Waals surface area (Å²) in [5, 5.41) is 0. The van der Waals surface area contributed by atoms with E-state index >= 15 is 0 Å². The molecule has 0 aliphatic carbocycles. The zero-order chi connectivity index (χ0) is 16.8. The molecule has 2 aliphatic rings. The van der Waals surface area contributed by atoms with Crippen LogP contribution in [-0.2, 0) is 26.0 Å². The predicted molar refractivity (Wildman–Crippen MR) is 84.6 cm³/mol. The maximum atomic E-state index is 12.8. The van der Waals surface area contributed by atoms with E-state index in [1.807, 2.05) is 0 Å². The van der Waals surface area contributed by atoms with Crippen molar-refractivity contribution in [2.45, 2.75) is 18.2 Å². The van der Waals surface area contributed by atoms with Crippen molar-refractivity contribution in [3.63, 3.8) is 0 Å². The Kier molecular flexibility index (Phi) is 3.89. The van der Waals surface area contributed by atoms with Gasteiger partial charge in [0.1, 0.15) is 0 Å². The van der Waals surface area contributed by atoms with Gasteiger partial charge in [0, 0.05) is 45.8 Å². The van der Waals surface area contributed by atoms with Crippen molar-refractivity contribution in [1.29, 1.82) is 0 Å². The third-order valence-electron chi connectivity index (χ3n) is 4.45. The van der Waals surface area contributed by atoms with Crippen molar-refractivity contribution in [3.8, 4) is 0 Å². The highest BCUT2D eigenvalue weighted by molar-refractivity contribution is 7.89. The second-order valence-corrected chi connectivity index (χ2v) is 7.77. The Morgan fingerprint density at radius 3 is 2.39 bits per heavy atom. The average Bonchev–Trinajstić information content (AvgIpc) is 2.81. The summed E-state index contributed by atoms with van der Waals surface area (Å²) in [7, 11) is -1.92. The first-order valence-electron chi connectivity index (χ1n) is 7.46. The van der Waals surface area contributed by atoms with Gasteiger partial charge in [-0.2, -0.15) is 4.31 Å². The zero-order valence-corrected chi connectivity index (χ0v) is 14.0. The molecule has 8 heteroatoms. The minimum Gasteiger partial charge on any atom is -0.340 e. The molecule has 2 heterocycles. The number of fused-ring (bicyclic) bond motifs is 1. The number of hydrogen-bond donors (Lipinski definition) is 0. The lowest BCUT2D eigenvalue weighted by atomic mass is 10.2. The second-order valence-electron chi connectivity index (χ2n) is 5.83. The fraction of sp³-hybridized carbons (Fsp3) is 0.467. The van der Waals surface area contributed by atoms with Crippen LogP contribution < -0.4 is 4.90 Å². The summed E-state index contributed by atoms with van der Waals surface area (Å²) in [5.74, 6) is -0.0780. The average molecular weight is 337 g/mol. The molecule has 0 unspecified atom stereocenters. The quantitative estimate of drug-likeness (QED) is 0.764. The first-order chi connectivity index (χ1) is 10.8. The maximum Gasteiger partial charge on any atom is 0.243 e. The van der Waals surface area contributed by atoms with Crippen LogP contribution in [-0.4, -0.2) is 62.7 Å². The Morgan fingerprint density at radius 1 is 1.13 bits per heavy atom. The van der Waals surface area contributed by atoms with Gasteiger partial charge in [-0.1, -0.05) is 0 Å². The van der Waals surface area contributed by atoms with Crippen LogP contribution in [0.1, 0.15) is 12.5 Å². The summed E-state index contributed by atoms with van der Waals surface area (Å²) in [4.78, 5) is 26.4. The number of amides is 2. The topological polar surface area (TPSA) is 78.0 Å². The second kappa shape index (κ2) is 5.61.